The molecule has 0 saturated heterocycles. The van der Waals surface area contributed by atoms with Crippen molar-refractivity contribution < 1.29 is 18.2 Å². The van der Waals surface area contributed by atoms with Gasteiger partial charge in [0.15, 0.2) is 0 Å². The standard InChI is InChI=1S/C11H12BF2NO2/c13-12(14)9-6-10(9)15-11(16)17-7-8-4-2-1-3-5-8/h1-5,9-10H,6-7H2,(H,15,16)/t9-,10-/m0/s1. The van der Waals surface area contributed by atoms with Gasteiger partial charge in [-0.2, -0.15) is 0 Å². The highest BCUT2D eigenvalue weighted by atomic mass is 19.2. The van der Waals surface area contributed by atoms with E-state index in [1.54, 1.807) is 0 Å². The van der Waals surface area contributed by atoms with Crippen LogP contribution in [0.15, 0.2) is 30.3 Å². The summed E-state index contributed by atoms with van der Waals surface area (Å²) in [4.78, 5) is 11.3. The summed E-state index contributed by atoms with van der Waals surface area (Å²) in [5.74, 6) is -0.709. The van der Waals surface area contributed by atoms with Crippen LogP contribution >= 0.6 is 0 Å². The average molecular weight is 239 g/mol. The molecule has 1 saturated carbocycles. The molecule has 0 spiro atoms. The highest BCUT2D eigenvalue weighted by Gasteiger charge is 2.49. The Labute approximate surface area is 98.3 Å². The first-order valence-electron chi connectivity index (χ1n) is 5.42. The zero-order valence-electron chi connectivity index (χ0n) is 9.11. The fourth-order valence-electron chi connectivity index (χ4n) is 1.58. The maximum absolute atomic E-state index is 12.2. The number of benzene rings is 1. The molecule has 1 aliphatic carbocycles. The molecule has 17 heavy (non-hydrogen) atoms. The topological polar surface area (TPSA) is 38.3 Å². The van der Waals surface area contributed by atoms with Crippen LogP contribution in [0.3, 0.4) is 0 Å². The maximum Gasteiger partial charge on any atom is 0.543 e. The van der Waals surface area contributed by atoms with Gasteiger partial charge in [-0.3, -0.25) is 8.63 Å². The van der Waals surface area contributed by atoms with E-state index in [0.717, 1.165) is 5.56 Å². The van der Waals surface area contributed by atoms with Gasteiger partial charge in [0.25, 0.3) is 0 Å². The molecule has 1 N–H and O–H groups in total. The van der Waals surface area contributed by atoms with Gasteiger partial charge in [-0.1, -0.05) is 30.3 Å². The molecule has 6 heteroatoms. The summed E-state index contributed by atoms with van der Waals surface area (Å²) in [6.45, 7) is 0.152. The van der Waals surface area contributed by atoms with Gasteiger partial charge in [0.2, 0.25) is 0 Å². The molecule has 2 atom stereocenters. The van der Waals surface area contributed by atoms with Crippen LogP contribution in [0.4, 0.5) is 13.4 Å². The lowest BCUT2D eigenvalue weighted by molar-refractivity contribution is 0.139. The minimum atomic E-state index is -2.37. The fourth-order valence-corrected chi connectivity index (χ4v) is 1.58. The van der Waals surface area contributed by atoms with Crippen LogP contribution in [-0.4, -0.2) is 19.4 Å². The molecule has 3 nitrogen and oxygen atoms in total. The Kier molecular flexibility index (Phi) is 3.61. The van der Waals surface area contributed by atoms with E-state index in [4.69, 9.17) is 4.74 Å². The Morgan fingerprint density at radius 2 is 2.12 bits per heavy atom. The van der Waals surface area contributed by atoms with E-state index in [-0.39, 0.29) is 6.61 Å². The van der Waals surface area contributed by atoms with Crippen molar-refractivity contribution in [3.05, 3.63) is 35.9 Å². The van der Waals surface area contributed by atoms with Crippen molar-refractivity contribution in [3.63, 3.8) is 0 Å². The van der Waals surface area contributed by atoms with Gasteiger partial charge in [-0.25, -0.2) is 4.79 Å². The molecule has 0 unspecified atom stereocenters. The Morgan fingerprint density at radius 3 is 2.71 bits per heavy atom. The van der Waals surface area contributed by atoms with Gasteiger partial charge < -0.3 is 10.1 Å². The van der Waals surface area contributed by atoms with Crippen LogP contribution in [0.25, 0.3) is 0 Å². The second-order valence-corrected chi connectivity index (χ2v) is 4.05. The summed E-state index contributed by atoms with van der Waals surface area (Å²) in [7, 11) is -2.37. The van der Waals surface area contributed by atoms with E-state index >= 15 is 0 Å². The summed E-state index contributed by atoms with van der Waals surface area (Å²) >= 11 is 0. The second kappa shape index (κ2) is 5.16. The molecule has 1 aromatic rings. The number of hydrogen-bond donors (Lipinski definition) is 1. The summed E-state index contributed by atoms with van der Waals surface area (Å²) in [5.41, 5.74) is 0.865. The number of halogens is 2. The molecule has 1 fully saturated rings. The number of carbonyl (C=O) groups excluding carboxylic acids is 1. The molecule has 0 aliphatic heterocycles. The van der Waals surface area contributed by atoms with Crippen molar-refractivity contribution in [1.82, 2.24) is 5.32 Å². The summed E-state index contributed by atoms with van der Waals surface area (Å²) in [5, 5.41) is 2.41. The van der Waals surface area contributed by atoms with E-state index in [9.17, 15) is 13.4 Å². The molecule has 2 rings (SSSR count). The Hall–Kier alpha value is -1.59. The monoisotopic (exact) mass is 239 g/mol. The lowest BCUT2D eigenvalue weighted by Crippen LogP contribution is -2.27. The largest absolute Gasteiger partial charge is 0.543 e. The fraction of sp³-hybridized carbons (Fsp3) is 0.364. The zero-order chi connectivity index (χ0) is 12.3. The maximum atomic E-state index is 12.2. The molecule has 0 heterocycles. The molecule has 90 valence electrons. The summed E-state index contributed by atoms with van der Waals surface area (Å²) in [6.07, 6.45) is -0.306. The number of alkyl carbamates (subject to hydrolysis) is 1. The minimum absolute atomic E-state index is 0.152. The van der Waals surface area contributed by atoms with Crippen LogP contribution in [0, 0.1) is 0 Å². The number of rotatable bonds is 4. The van der Waals surface area contributed by atoms with Crippen LogP contribution < -0.4 is 5.32 Å². The van der Waals surface area contributed by atoms with E-state index in [0.29, 0.717) is 6.42 Å². The van der Waals surface area contributed by atoms with Crippen molar-refractivity contribution in [2.24, 2.45) is 0 Å². The predicted octanol–water partition coefficient (Wildman–Crippen LogP) is 2.48. The lowest BCUT2D eigenvalue weighted by atomic mass is 9.90. The van der Waals surface area contributed by atoms with Crippen molar-refractivity contribution in [3.8, 4) is 0 Å². The van der Waals surface area contributed by atoms with Crippen molar-refractivity contribution in [1.29, 1.82) is 0 Å². The van der Waals surface area contributed by atoms with Crippen LogP contribution in [0.2, 0.25) is 5.82 Å². The predicted molar refractivity (Wildman–Crippen MR) is 59.9 cm³/mol. The number of nitrogens with one attached hydrogen (secondary N) is 1. The van der Waals surface area contributed by atoms with E-state index in [1.165, 1.54) is 0 Å². The minimum Gasteiger partial charge on any atom is -0.445 e. The highest BCUT2D eigenvalue weighted by molar-refractivity contribution is 6.46. The number of amides is 1. The first-order valence-corrected chi connectivity index (χ1v) is 5.42. The first kappa shape index (κ1) is 11.9. The van der Waals surface area contributed by atoms with Gasteiger partial charge >= 0.3 is 13.4 Å². The highest BCUT2D eigenvalue weighted by Crippen LogP contribution is 2.40. The number of ether oxygens (including phenoxy) is 1. The SMILES string of the molecule is O=C(N[C@H]1C[C@@H]1B(F)F)OCc1ccccc1. The van der Waals surface area contributed by atoms with E-state index in [1.807, 2.05) is 30.3 Å². The van der Waals surface area contributed by atoms with Gasteiger partial charge in [-0.15, -0.1) is 0 Å². The molecule has 0 aromatic heterocycles. The Balaban J connectivity index is 1.69. The summed E-state index contributed by atoms with van der Waals surface area (Å²) < 4.78 is 29.3. The summed E-state index contributed by atoms with van der Waals surface area (Å²) in [6, 6.07) is 8.76. The van der Waals surface area contributed by atoms with E-state index in [2.05, 4.69) is 5.32 Å². The first-order chi connectivity index (χ1) is 8.16. The smallest absolute Gasteiger partial charge is 0.445 e. The van der Waals surface area contributed by atoms with Gasteiger partial charge in [-0.05, 0) is 12.0 Å². The quantitative estimate of drug-likeness (QED) is 0.819. The van der Waals surface area contributed by atoms with E-state index < -0.39 is 25.2 Å². The molecule has 1 amide bonds. The molecular weight excluding hydrogens is 227 g/mol. The third kappa shape index (κ3) is 3.44. The Bertz CT molecular complexity index is 388. The third-order valence-electron chi connectivity index (χ3n) is 2.68. The molecule has 1 aromatic carbocycles. The molecule has 1 aliphatic rings. The third-order valence-corrected chi connectivity index (χ3v) is 2.68. The molecule has 0 radical (unpaired) electrons. The van der Waals surface area contributed by atoms with Crippen LogP contribution in [0.5, 0.6) is 0 Å². The second-order valence-electron chi connectivity index (χ2n) is 4.05. The van der Waals surface area contributed by atoms with Crippen molar-refractivity contribution in [2.45, 2.75) is 24.9 Å². The Morgan fingerprint density at radius 1 is 1.41 bits per heavy atom. The lowest BCUT2D eigenvalue weighted by Gasteiger charge is -2.06. The number of hydrogen-bond acceptors (Lipinski definition) is 2. The van der Waals surface area contributed by atoms with Crippen molar-refractivity contribution in [2.75, 3.05) is 0 Å². The van der Waals surface area contributed by atoms with Crippen molar-refractivity contribution >= 4 is 13.4 Å². The number of carbonyl (C=O) groups is 1. The van der Waals surface area contributed by atoms with Gasteiger partial charge in [0, 0.05) is 11.9 Å². The van der Waals surface area contributed by atoms with Gasteiger partial charge in [0.1, 0.15) is 6.61 Å². The van der Waals surface area contributed by atoms with Crippen LogP contribution in [-0.2, 0) is 11.3 Å². The molecular formula is C11H12BF2NO2. The van der Waals surface area contributed by atoms with Crippen LogP contribution in [0.1, 0.15) is 12.0 Å². The zero-order valence-corrected chi connectivity index (χ0v) is 9.11. The molecule has 0 bridgehead atoms. The normalized spacial score (nSPS) is 21.8. The van der Waals surface area contributed by atoms with Gasteiger partial charge in [0.05, 0.1) is 0 Å². The average Bonchev–Trinajstić information content (AvgIpc) is 3.07.